The lowest BCUT2D eigenvalue weighted by Crippen LogP contribution is -2.18. The van der Waals surface area contributed by atoms with Crippen molar-refractivity contribution in [3.05, 3.63) is 41.9 Å². The van der Waals surface area contributed by atoms with Crippen LogP contribution in [0.5, 0.6) is 0 Å². The SMILES string of the molecule is C=C(CC)NC(C)c1ccc(C(C)CC(F)(F)F)cn1. The summed E-state index contributed by atoms with van der Waals surface area (Å²) in [5.74, 6) is -0.578. The molecule has 0 saturated heterocycles. The van der Waals surface area contributed by atoms with Crippen molar-refractivity contribution in [3.63, 3.8) is 0 Å². The van der Waals surface area contributed by atoms with Gasteiger partial charge in [0.1, 0.15) is 0 Å². The number of nitrogens with one attached hydrogen (secondary N) is 1. The first-order chi connectivity index (χ1) is 9.23. The minimum Gasteiger partial charge on any atom is -0.381 e. The summed E-state index contributed by atoms with van der Waals surface area (Å²) in [6, 6.07) is 3.48. The van der Waals surface area contributed by atoms with Gasteiger partial charge < -0.3 is 5.32 Å². The van der Waals surface area contributed by atoms with E-state index in [-0.39, 0.29) is 6.04 Å². The number of hydrogen-bond acceptors (Lipinski definition) is 2. The lowest BCUT2D eigenvalue weighted by molar-refractivity contribution is -0.137. The number of hydrogen-bond donors (Lipinski definition) is 1. The molecular formula is C15H21F3N2. The van der Waals surface area contributed by atoms with Crippen LogP contribution in [0, 0.1) is 0 Å². The Balaban J connectivity index is 2.71. The monoisotopic (exact) mass is 286 g/mol. The molecule has 20 heavy (non-hydrogen) atoms. The Morgan fingerprint density at radius 2 is 2.00 bits per heavy atom. The van der Waals surface area contributed by atoms with Crippen LogP contribution in [0.15, 0.2) is 30.6 Å². The molecular weight excluding hydrogens is 265 g/mol. The number of allylic oxidation sites excluding steroid dienone is 1. The van der Waals surface area contributed by atoms with Gasteiger partial charge in [0.2, 0.25) is 0 Å². The molecule has 0 aliphatic heterocycles. The quantitative estimate of drug-likeness (QED) is 0.819. The molecule has 0 aromatic carbocycles. The Morgan fingerprint density at radius 1 is 1.35 bits per heavy atom. The summed E-state index contributed by atoms with van der Waals surface area (Å²) in [7, 11) is 0. The molecule has 0 aliphatic carbocycles. The van der Waals surface area contributed by atoms with Gasteiger partial charge in [-0.25, -0.2) is 0 Å². The molecule has 1 N–H and O–H groups in total. The second-order valence-corrected chi connectivity index (χ2v) is 5.06. The molecule has 112 valence electrons. The number of aromatic nitrogens is 1. The van der Waals surface area contributed by atoms with E-state index in [1.807, 2.05) is 13.8 Å². The fourth-order valence-corrected chi connectivity index (χ4v) is 1.91. The summed E-state index contributed by atoms with van der Waals surface area (Å²) in [5, 5.41) is 3.20. The Bertz CT molecular complexity index is 437. The summed E-state index contributed by atoms with van der Waals surface area (Å²) in [6.45, 7) is 9.36. The molecule has 1 aromatic heterocycles. The van der Waals surface area contributed by atoms with Crippen molar-refractivity contribution in [2.45, 2.75) is 51.7 Å². The normalized spacial score (nSPS) is 14.7. The van der Waals surface area contributed by atoms with Crippen LogP contribution in [-0.4, -0.2) is 11.2 Å². The fraction of sp³-hybridized carbons (Fsp3) is 0.533. The van der Waals surface area contributed by atoms with Crippen LogP contribution in [-0.2, 0) is 0 Å². The number of alkyl halides is 3. The standard InChI is InChI=1S/C15H21F3N2/c1-5-11(3)20-12(4)14-7-6-13(9-19-14)10(2)8-15(16,17)18/h6-7,9-10,12,20H,3,5,8H2,1-2,4H3. The maximum absolute atomic E-state index is 12.3. The van der Waals surface area contributed by atoms with E-state index in [2.05, 4.69) is 16.9 Å². The molecule has 2 atom stereocenters. The molecule has 0 fully saturated rings. The molecule has 0 radical (unpaired) electrons. The molecule has 0 spiro atoms. The van der Waals surface area contributed by atoms with E-state index in [1.54, 1.807) is 19.1 Å². The predicted molar refractivity (Wildman–Crippen MR) is 74.3 cm³/mol. The summed E-state index contributed by atoms with van der Waals surface area (Å²) in [4.78, 5) is 4.25. The third-order valence-corrected chi connectivity index (χ3v) is 3.21. The van der Waals surface area contributed by atoms with Crippen molar-refractivity contribution >= 4 is 0 Å². The van der Waals surface area contributed by atoms with E-state index in [4.69, 9.17) is 0 Å². The van der Waals surface area contributed by atoms with Crippen LogP contribution in [0.1, 0.15) is 56.8 Å². The van der Waals surface area contributed by atoms with Gasteiger partial charge in [0.15, 0.2) is 0 Å². The number of pyridine rings is 1. The highest BCUT2D eigenvalue weighted by Crippen LogP contribution is 2.30. The van der Waals surface area contributed by atoms with Crippen LogP contribution >= 0.6 is 0 Å². The Morgan fingerprint density at radius 3 is 2.45 bits per heavy atom. The highest BCUT2D eigenvalue weighted by Gasteiger charge is 2.30. The van der Waals surface area contributed by atoms with E-state index < -0.39 is 18.5 Å². The van der Waals surface area contributed by atoms with Crippen molar-refractivity contribution in [1.29, 1.82) is 0 Å². The van der Waals surface area contributed by atoms with Crippen molar-refractivity contribution < 1.29 is 13.2 Å². The second-order valence-electron chi connectivity index (χ2n) is 5.06. The number of rotatable bonds is 6. The minimum atomic E-state index is -4.15. The highest BCUT2D eigenvalue weighted by molar-refractivity contribution is 5.20. The van der Waals surface area contributed by atoms with Crippen molar-refractivity contribution in [3.8, 4) is 0 Å². The number of nitrogens with zero attached hydrogens (tertiary/aromatic N) is 1. The average Bonchev–Trinajstić information content (AvgIpc) is 2.36. The molecule has 2 nitrogen and oxygen atoms in total. The van der Waals surface area contributed by atoms with E-state index in [0.29, 0.717) is 5.56 Å². The van der Waals surface area contributed by atoms with Crippen LogP contribution in [0.4, 0.5) is 13.2 Å². The maximum atomic E-state index is 12.3. The van der Waals surface area contributed by atoms with Crippen LogP contribution in [0.2, 0.25) is 0 Å². The van der Waals surface area contributed by atoms with Gasteiger partial charge in [0.25, 0.3) is 0 Å². The van der Waals surface area contributed by atoms with Crippen LogP contribution < -0.4 is 5.32 Å². The predicted octanol–water partition coefficient (Wildman–Crippen LogP) is 4.71. The van der Waals surface area contributed by atoms with Gasteiger partial charge in [0.05, 0.1) is 18.2 Å². The third kappa shape index (κ3) is 5.23. The van der Waals surface area contributed by atoms with E-state index in [1.165, 1.54) is 6.20 Å². The van der Waals surface area contributed by atoms with Crippen molar-refractivity contribution in [1.82, 2.24) is 10.3 Å². The summed E-state index contributed by atoms with van der Waals surface area (Å²) < 4.78 is 37.0. The highest BCUT2D eigenvalue weighted by atomic mass is 19.4. The molecule has 1 rings (SSSR count). The molecule has 2 unspecified atom stereocenters. The first kappa shape index (κ1) is 16.5. The molecule has 1 aromatic rings. The third-order valence-electron chi connectivity index (χ3n) is 3.21. The van der Waals surface area contributed by atoms with E-state index in [0.717, 1.165) is 17.8 Å². The second kappa shape index (κ2) is 6.77. The molecule has 1 heterocycles. The largest absolute Gasteiger partial charge is 0.389 e. The summed E-state index contributed by atoms with van der Waals surface area (Å²) in [5.41, 5.74) is 2.31. The van der Waals surface area contributed by atoms with E-state index in [9.17, 15) is 13.2 Å². The molecule has 5 heteroatoms. The van der Waals surface area contributed by atoms with Gasteiger partial charge in [-0.3, -0.25) is 4.98 Å². The number of halogens is 3. The van der Waals surface area contributed by atoms with Gasteiger partial charge in [-0.05, 0) is 30.9 Å². The topological polar surface area (TPSA) is 24.9 Å². The Kier molecular flexibility index (Phi) is 5.60. The maximum Gasteiger partial charge on any atom is 0.389 e. The summed E-state index contributed by atoms with van der Waals surface area (Å²) in [6.07, 6.45) is -2.62. The van der Waals surface area contributed by atoms with Gasteiger partial charge in [0, 0.05) is 11.9 Å². The van der Waals surface area contributed by atoms with Gasteiger partial charge in [-0.15, -0.1) is 0 Å². The van der Waals surface area contributed by atoms with Gasteiger partial charge >= 0.3 is 6.18 Å². The zero-order valence-electron chi connectivity index (χ0n) is 12.1. The zero-order chi connectivity index (χ0) is 15.3. The summed E-state index contributed by atoms with van der Waals surface area (Å²) >= 11 is 0. The average molecular weight is 286 g/mol. The lowest BCUT2D eigenvalue weighted by Gasteiger charge is -2.18. The van der Waals surface area contributed by atoms with Crippen molar-refractivity contribution in [2.75, 3.05) is 0 Å². The van der Waals surface area contributed by atoms with Crippen LogP contribution in [0.25, 0.3) is 0 Å². The molecule has 0 amide bonds. The smallest absolute Gasteiger partial charge is 0.381 e. The molecule has 0 bridgehead atoms. The Labute approximate surface area is 118 Å². The Hall–Kier alpha value is -1.52. The first-order valence-corrected chi connectivity index (χ1v) is 6.69. The zero-order valence-corrected chi connectivity index (χ0v) is 12.1. The lowest BCUT2D eigenvalue weighted by atomic mass is 9.98. The van der Waals surface area contributed by atoms with Gasteiger partial charge in [-0.2, -0.15) is 13.2 Å². The molecule has 0 saturated carbocycles. The molecule has 0 aliphatic rings. The van der Waals surface area contributed by atoms with Gasteiger partial charge in [-0.1, -0.05) is 26.5 Å². The first-order valence-electron chi connectivity index (χ1n) is 6.69. The van der Waals surface area contributed by atoms with Crippen LogP contribution in [0.3, 0.4) is 0 Å². The fourth-order valence-electron chi connectivity index (χ4n) is 1.91. The van der Waals surface area contributed by atoms with E-state index >= 15 is 0 Å². The minimum absolute atomic E-state index is 0.00516. The van der Waals surface area contributed by atoms with Crippen molar-refractivity contribution in [2.24, 2.45) is 0 Å².